The number of nitrogens with one attached hydrogen (secondary N) is 2. The molecule has 2 aromatic carbocycles. The minimum Gasteiger partial charge on any atom is -0.497 e. The number of hydrogen-bond acceptors (Lipinski definition) is 5. The number of hydrogen-bond donors (Lipinski definition) is 2. The van der Waals surface area contributed by atoms with Gasteiger partial charge in [-0.3, -0.25) is 9.59 Å². The molecule has 0 saturated heterocycles. The fourth-order valence-electron chi connectivity index (χ4n) is 3.56. The van der Waals surface area contributed by atoms with Crippen molar-refractivity contribution in [3.63, 3.8) is 0 Å². The number of para-hydroxylation sites is 1. The van der Waals surface area contributed by atoms with Crippen molar-refractivity contribution >= 4 is 23.5 Å². The molecular formula is C27H36N2O5. The summed E-state index contributed by atoms with van der Waals surface area (Å²) in [4.78, 5) is 38.0. The molecule has 0 saturated carbocycles. The van der Waals surface area contributed by atoms with Crippen molar-refractivity contribution < 1.29 is 23.9 Å². The molecule has 2 aromatic rings. The lowest BCUT2D eigenvalue weighted by Gasteiger charge is -2.22. The maximum atomic E-state index is 12.7. The lowest BCUT2D eigenvalue weighted by Crippen LogP contribution is -2.46. The number of carbonyl (C=O) groups is 3. The van der Waals surface area contributed by atoms with Crippen molar-refractivity contribution in [1.29, 1.82) is 0 Å². The fourth-order valence-corrected chi connectivity index (χ4v) is 3.56. The molecule has 0 aliphatic heterocycles. The second-order valence-corrected chi connectivity index (χ2v) is 9.20. The Labute approximate surface area is 202 Å². The Morgan fingerprint density at radius 1 is 0.853 bits per heavy atom. The van der Waals surface area contributed by atoms with E-state index >= 15 is 0 Å². The Kier molecular flexibility index (Phi) is 9.66. The van der Waals surface area contributed by atoms with Crippen LogP contribution >= 0.6 is 0 Å². The van der Waals surface area contributed by atoms with Gasteiger partial charge in [0, 0.05) is 11.3 Å². The molecule has 0 aliphatic carbocycles. The fraction of sp³-hybridized carbons (Fsp3) is 0.444. The smallest absolute Gasteiger partial charge is 0.329 e. The zero-order valence-electron chi connectivity index (χ0n) is 21.1. The topological polar surface area (TPSA) is 93.7 Å². The van der Waals surface area contributed by atoms with E-state index in [2.05, 4.69) is 38.3 Å². The van der Waals surface area contributed by atoms with Crippen LogP contribution in [0.15, 0.2) is 42.5 Å². The number of amides is 2. The second kappa shape index (κ2) is 12.2. The summed E-state index contributed by atoms with van der Waals surface area (Å²) in [5.41, 5.74) is 3.21. The molecule has 2 N–H and O–H groups in total. The summed E-state index contributed by atoms with van der Waals surface area (Å²) in [5, 5.41) is 5.63. The van der Waals surface area contributed by atoms with Gasteiger partial charge in [0.25, 0.3) is 11.8 Å². The Morgan fingerprint density at radius 2 is 1.41 bits per heavy atom. The van der Waals surface area contributed by atoms with Crippen molar-refractivity contribution in [1.82, 2.24) is 5.32 Å². The normalized spacial score (nSPS) is 11.9. The predicted octanol–water partition coefficient (Wildman–Crippen LogP) is 4.88. The van der Waals surface area contributed by atoms with Crippen LogP contribution in [0.2, 0.25) is 0 Å². The quantitative estimate of drug-likeness (QED) is 0.485. The molecule has 7 heteroatoms. The van der Waals surface area contributed by atoms with Crippen LogP contribution in [-0.4, -0.2) is 37.5 Å². The van der Waals surface area contributed by atoms with Crippen molar-refractivity contribution in [2.75, 3.05) is 19.0 Å². The Morgan fingerprint density at radius 3 is 1.88 bits per heavy atom. The van der Waals surface area contributed by atoms with E-state index in [4.69, 9.17) is 9.47 Å². The molecule has 0 heterocycles. The van der Waals surface area contributed by atoms with E-state index in [0.717, 1.165) is 16.8 Å². The molecule has 7 nitrogen and oxygen atoms in total. The molecule has 2 rings (SSSR count). The van der Waals surface area contributed by atoms with Gasteiger partial charge in [-0.15, -0.1) is 0 Å². The maximum absolute atomic E-state index is 12.7. The predicted molar refractivity (Wildman–Crippen MR) is 133 cm³/mol. The molecule has 34 heavy (non-hydrogen) atoms. The van der Waals surface area contributed by atoms with E-state index in [9.17, 15) is 14.4 Å². The summed E-state index contributed by atoms with van der Waals surface area (Å²) in [6, 6.07) is 11.6. The van der Waals surface area contributed by atoms with Crippen LogP contribution in [0.1, 0.15) is 74.9 Å². The molecule has 0 aliphatic rings. The summed E-state index contributed by atoms with van der Waals surface area (Å²) in [7, 11) is 1.54. The van der Waals surface area contributed by atoms with Gasteiger partial charge in [-0.2, -0.15) is 0 Å². The highest BCUT2D eigenvalue weighted by Crippen LogP contribution is 2.32. The van der Waals surface area contributed by atoms with Crippen molar-refractivity contribution in [2.24, 2.45) is 5.92 Å². The van der Waals surface area contributed by atoms with Crippen LogP contribution < -0.4 is 15.4 Å². The molecule has 2 amide bonds. The highest BCUT2D eigenvalue weighted by atomic mass is 16.5. The van der Waals surface area contributed by atoms with E-state index in [1.165, 1.54) is 0 Å². The highest BCUT2D eigenvalue weighted by molar-refractivity contribution is 5.98. The number of esters is 1. The minimum atomic E-state index is -0.892. The molecule has 1 atom stereocenters. The maximum Gasteiger partial charge on any atom is 0.329 e. The standard InChI is InChI=1S/C27H36N2O5/c1-16(2)21-9-8-10-22(17(3)4)25(21)28-23(30)15-34-27(32)24(18(5)6)29-26(31)19-11-13-20(33-7)14-12-19/h8-14,16-18,24H,15H2,1-7H3,(H,28,30)(H,29,31)/t24-/m0/s1. The monoisotopic (exact) mass is 468 g/mol. The lowest BCUT2D eigenvalue weighted by atomic mass is 9.92. The number of carbonyl (C=O) groups excluding carboxylic acids is 3. The van der Waals surface area contributed by atoms with Crippen LogP contribution in [0.4, 0.5) is 5.69 Å². The van der Waals surface area contributed by atoms with E-state index in [-0.39, 0.29) is 17.8 Å². The number of methoxy groups -OCH3 is 1. The summed E-state index contributed by atoms with van der Waals surface area (Å²) < 4.78 is 10.4. The van der Waals surface area contributed by atoms with Gasteiger partial charge in [0.15, 0.2) is 6.61 Å². The first-order valence-electron chi connectivity index (χ1n) is 11.6. The summed E-state index contributed by atoms with van der Waals surface area (Å²) in [6.07, 6.45) is 0. The van der Waals surface area contributed by atoms with E-state index < -0.39 is 30.4 Å². The number of benzene rings is 2. The van der Waals surface area contributed by atoms with Crippen molar-refractivity contribution in [3.05, 3.63) is 59.2 Å². The third kappa shape index (κ3) is 7.07. The first kappa shape index (κ1) is 26.9. The summed E-state index contributed by atoms with van der Waals surface area (Å²) in [6.45, 7) is 11.4. The average molecular weight is 469 g/mol. The van der Waals surface area contributed by atoms with E-state index in [1.807, 2.05) is 18.2 Å². The van der Waals surface area contributed by atoms with E-state index in [0.29, 0.717) is 11.3 Å². The van der Waals surface area contributed by atoms with Gasteiger partial charge in [0.05, 0.1) is 7.11 Å². The average Bonchev–Trinajstić information content (AvgIpc) is 2.80. The molecule has 184 valence electrons. The molecule has 0 spiro atoms. The second-order valence-electron chi connectivity index (χ2n) is 9.20. The molecular weight excluding hydrogens is 432 g/mol. The van der Waals surface area contributed by atoms with Gasteiger partial charge in [0.1, 0.15) is 11.8 Å². The van der Waals surface area contributed by atoms with Crippen molar-refractivity contribution in [2.45, 2.75) is 59.4 Å². The molecule has 0 radical (unpaired) electrons. The van der Waals surface area contributed by atoms with Gasteiger partial charge < -0.3 is 20.1 Å². The molecule has 0 bridgehead atoms. The first-order valence-corrected chi connectivity index (χ1v) is 11.6. The third-order valence-corrected chi connectivity index (χ3v) is 5.54. The SMILES string of the molecule is COc1ccc(C(=O)N[C@H](C(=O)OCC(=O)Nc2c(C(C)C)cccc2C(C)C)C(C)C)cc1. The minimum absolute atomic E-state index is 0.218. The van der Waals surface area contributed by atoms with Crippen molar-refractivity contribution in [3.8, 4) is 5.75 Å². The zero-order valence-corrected chi connectivity index (χ0v) is 21.1. The number of ether oxygens (including phenoxy) is 2. The van der Waals surface area contributed by atoms with Gasteiger partial charge >= 0.3 is 5.97 Å². The van der Waals surface area contributed by atoms with Crippen LogP contribution in [0.5, 0.6) is 5.75 Å². The number of anilines is 1. The molecule has 0 aromatic heterocycles. The van der Waals surface area contributed by atoms with Crippen LogP contribution in [0, 0.1) is 5.92 Å². The highest BCUT2D eigenvalue weighted by Gasteiger charge is 2.27. The van der Waals surface area contributed by atoms with Crippen LogP contribution in [0.25, 0.3) is 0 Å². The van der Waals surface area contributed by atoms with E-state index in [1.54, 1.807) is 45.2 Å². The molecule has 0 unspecified atom stereocenters. The largest absolute Gasteiger partial charge is 0.497 e. The van der Waals surface area contributed by atoms with Crippen LogP contribution in [-0.2, 0) is 14.3 Å². The summed E-state index contributed by atoms with van der Waals surface area (Å²) >= 11 is 0. The van der Waals surface area contributed by atoms with Gasteiger partial charge in [-0.05, 0) is 53.1 Å². The Hall–Kier alpha value is -3.35. The zero-order chi connectivity index (χ0) is 25.4. The molecule has 0 fully saturated rings. The lowest BCUT2D eigenvalue weighted by molar-refractivity contribution is -0.150. The Bertz CT molecular complexity index is 970. The number of rotatable bonds is 10. The summed E-state index contributed by atoms with van der Waals surface area (Å²) in [5.74, 6) is -0.658. The van der Waals surface area contributed by atoms with Gasteiger partial charge in [-0.25, -0.2) is 4.79 Å². The van der Waals surface area contributed by atoms with Gasteiger partial charge in [0.2, 0.25) is 0 Å². The third-order valence-electron chi connectivity index (χ3n) is 5.54. The first-order chi connectivity index (χ1) is 16.0. The van der Waals surface area contributed by atoms with Crippen LogP contribution in [0.3, 0.4) is 0 Å². The Balaban J connectivity index is 2.05. The van der Waals surface area contributed by atoms with Gasteiger partial charge in [-0.1, -0.05) is 59.7 Å².